The first-order chi connectivity index (χ1) is 9.20. The van der Waals surface area contributed by atoms with Crippen LogP contribution in [0.3, 0.4) is 0 Å². The van der Waals surface area contributed by atoms with Crippen molar-refractivity contribution in [2.24, 2.45) is 5.92 Å². The summed E-state index contributed by atoms with van der Waals surface area (Å²) in [5.74, 6) is 1.76. The molecule has 6 heteroatoms. The topological polar surface area (TPSA) is 67.4 Å². The lowest BCUT2D eigenvalue weighted by atomic mass is 10.1. The Morgan fingerprint density at radius 2 is 1.80 bits per heavy atom. The summed E-state index contributed by atoms with van der Waals surface area (Å²) in [5.41, 5.74) is -0.479. The third-order valence-corrected chi connectivity index (χ3v) is 3.15. The molecule has 118 valence electrons. The van der Waals surface area contributed by atoms with Gasteiger partial charge in [-0.05, 0) is 33.1 Å². The molecule has 0 aliphatic rings. The summed E-state index contributed by atoms with van der Waals surface area (Å²) in [6, 6.07) is 0. The van der Waals surface area contributed by atoms with Crippen molar-refractivity contribution in [2.45, 2.75) is 46.6 Å². The zero-order chi connectivity index (χ0) is 15.6. The van der Waals surface area contributed by atoms with Gasteiger partial charge in [-0.15, -0.1) is 0 Å². The van der Waals surface area contributed by atoms with Crippen molar-refractivity contribution in [3.63, 3.8) is 0 Å². The molecule has 0 aromatic carbocycles. The van der Waals surface area contributed by atoms with E-state index in [4.69, 9.17) is 4.74 Å². The quantitative estimate of drug-likeness (QED) is 0.676. The summed E-state index contributed by atoms with van der Waals surface area (Å²) < 4.78 is 5.10. The van der Waals surface area contributed by atoms with Gasteiger partial charge in [0.05, 0.1) is 5.75 Å². The number of carbonyl (C=O) groups excluding carboxylic acids is 2. The predicted octanol–water partition coefficient (Wildman–Crippen LogP) is 2.41. The van der Waals surface area contributed by atoms with Crippen LogP contribution in [0.25, 0.3) is 0 Å². The van der Waals surface area contributed by atoms with Gasteiger partial charge in [-0.1, -0.05) is 13.8 Å². The van der Waals surface area contributed by atoms with Gasteiger partial charge >= 0.3 is 6.09 Å². The lowest BCUT2D eigenvalue weighted by Gasteiger charge is -2.19. The maximum absolute atomic E-state index is 11.5. The largest absolute Gasteiger partial charge is 0.444 e. The molecule has 0 bridgehead atoms. The molecule has 0 radical (unpaired) electrons. The summed E-state index contributed by atoms with van der Waals surface area (Å²) in [7, 11) is 0. The Labute approximate surface area is 126 Å². The van der Waals surface area contributed by atoms with E-state index in [9.17, 15) is 9.59 Å². The third-order valence-electron chi connectivity index (χ3n) is 2.19. The number of nitrogens with one attached hydrogen (secondary N) is 2. The minimum atomic E-state index is -0.479. The molecule has 0 aliphatic carbocycles. The van der Waals surface area contributed by atoms with E-state index in [1.165, 1.54) is 11.8 Å². The monoisotopic (exact) mass is 304 g/mol. The predicted molar refractivity (Wildman–Crippen MR) is 84.0 cm³/mol. The maximum Gasteiger partial charge on any atom is 0.407 e. The van der Waals surface area contributed by atoms with Crippen molar-refractivity contribution in [3.8, 4) is 0 Å². The molecule has 0 saturated carbocycles. The second-order valence-electron chi connectivity index (χ2n) is 6.01. The van der Waals surface area contributed by atoms with Crippen LogP contribution >= 0.6 is 11.8 Å². The molecule has 5 nitrogen and oxygen atoms in total. The Balaban J connectivity index is 3.48. The molecule has 0 heterocycles. The molecule has 2 N–H and O–H groups in total. The molecule has 0 aromatic rings. The van der Waals surface area contributed by atoms with E-state index >= 15 is 0 Å². The van der Waals surface area contributed by atoms with Crippen molar-refractivity contribution in [2.75, 3.05) is 24.6 Å². The van der Waals surface area contributed by atoms with E-state index in [1.54, 1.807) is 0 Å². The Kier molecular flexibility index (Phi) is 9.46. The Bertz CT molecular complexity index is 301. The van der Waals surface area contributed by atoms with Crippen LogP contribution in [0.4, 0.5) is 4.79 Å². The third kappa shape index (κ3) is 13.5. The number of hydrogen-bond donors (Lipinski definition) is 2. The van der Waals surface area contributed by atoms with Crippen molar-refractivity contribution in [1.82, 2.24) is 10.6 Å². The van der Waals surface area contributed by atoms with E-state index in [0.29, 0.717) is 24.0 Å². The lowest BCUT2D eigenvalue weighted by molar-refractivity contribution is -0.118. The molecular weight excluding hydrogens is 276 g/mol. The van der Waals surface area contributed by atoms with Gasteiger partial charge in [0.1, 0.15) is 5.60 Å². The Morgan fingerprint density at radius 1 is 1.15 bits per heavy atom. The molecule has 0 aliphatic heterocycles. The van der Waals surface area contributed by atoms with E-state index in [0.717, 1.165) is 13.0 Å². The summed E-state index contributed by atoms with van der Waals surface area (Å²) in [6.45, 7) is 11.0. The van der Waals surface area contributed by atoms with Gasteiger partial charge in [-0.3, -0.25) is 4.79 Å². The van der Waals surface area contributed by atoms with Gasteiger partial charge in [0.25, 0.3) is 0 Å². The molecule has 20 heavy (non-hydrogen) atoms. The first-order valence-electron chi connectivity index (χ1n) is 7.02. The first-order valence-corrected chi connectivity index (χ1v) is 8.17. The number of ether oxygens (including phenoxy) is 1. The highest BCUT2D eigenvalue weighted by Crippen LogP contribution is 2.06. The highest BCUT2D eigenvalue weighted by atomic mass is 32.2. The van der Waals surface area contributed by atoms with E-state index in [-0.39, 0.29) is 5.91 Å². The summed E-state index contributed by atoms with van der Waals surface area (Å²) >= 11 is 1.50. The van der Waals surface area contributed by atoms with Crippen LogP contribution in [0.5, 0.6) is 0 Å². The van der Waals surface area contributed by atoms with Crippen LogP contribution in [0.15, 0.2) is 0 Å². The highest BCUT2D eigenvalue weighted by molar-refractivity contribution is 7.99. The van der Waals surface area contributed by atoms with Crippen LogP contribution in [0, 0.1) is 5.92 Å². The minimum Gasteiger partial charge on any atom is -0.444 e. The van der Waals surface area contributed by atoms with Gasteiger partial charge < -0.3 is 15.4 Å². The Morgan fingerprint density at radius 3 is 2.35 bits per heavy atom. The summed E-state index contributed by atoms with van der Waals surface area (Å²) in [6.07, 6.45) is 0.579. The fraction of sp³-hybridized carbons (Fsp3) is 0.857. The van der Waals surface area contributed by atoms with Crippen molar-refractivity contribution in [1.29, 1.82) is 0 Å². The smallest absolute Gasteiger partial charge is 0.407 e. The number of amides is 2. The van der Waals surface area contributed by atoms with Crippen LogP contribution < -0.4 is 10.6 Å². The van der Waals surface area contributed by atoms with Gasteiger partial charge in [0.2, 0.25) is 5.91 Å². The molecule has 0 saturated heterocycles. The fourth-order valence-corrected chi connectivity index (χ4v) is 1.93. The molecule has 0 fully saturated rings. The van der Waals surface area contributed by atoms with Crippen LogP contribution in [-0.2, 0) is 9.53 Å². The molecule has 0 atom stereocenters. The van der Waals surface area contributed by atoms with Crippen LogP contribution in [-0.4, -0.2) is 42.2 Å². The number of thioether (sulfide) groups is 1. The lowest BCUT2D eigenvalue weighted by Crippen LogP contribution is -2.34. The molecule has 0 spiro atoms. The van der Waals surface area contributed by atoms with Gasteiger partial charge in [0.15, 0.2) is 0 Å². The second-order valence-corrected chi connectivity index (χ2v) is 7.12. The van der Waals surface area contributed by atoms with Crippen LogP contribution in [0.1, 0.15) is 41.0 Å². The Hall–Kier alpha value is -0.910. The minimum absolute atomic E-state index is 0.0490. The second kappa shape index (κ2) is 9.91. The molecule has 2 amide bonds. The van der Waals surface area contributed by atoms with Gasteiger partial charge in [-0.25, -0.2) is 4.79 Å². The molecular formula is C14H28N2O3S. The van der Waals surface area contributed by atoms with E-state index < -0.39 is 11.7 Å². The number of rotatable bonds is 8. The average molecular weight is 304 g/mol. The molecule has 0 unspecified atom stereocenters. The van der Waals surface area contributed by atoms with Crippen molar-refractivity contribution >= 4 is 23.8 Å². The SMILES string of the molecule is CC(C)CCNC(=O)CSCCNC(=O)OC(C)(C)C. The number of alkyl carbamates (subject to hydrolysis) is 1. The first kappa shape index (κ1) is 19.1. The zero-order valence-electron chi connectivity index (χ0n) is 13.2. The molecule has 0 aromatic heterocycles. The fourth-order valence-electron chi connectivity index (χ4n) is 1.26. The van der Waals surface area contributed by atoms with Crippen molar-refractivity contribution < 1.29 is 14.3 Å². The number of hydrogen-bond acceptors (Lipinski definition) is 4. The normalized spacial score (nSPS) is 11.3. The maximum atomic E-state index is 11.5. The van der Waals surface area contributed by atoms with Gasteiger partial charge in [0, 0.05) is 18.8 Å². The van der Waals surface area contributed by atoms with E-state index in [1.807, 2.05) is 20.8 Å². The zero-order valence-corrected chi connectivity index (χ0v) is 14.1. The average Bonchev–Trinajstić information content (AvgIpc) is 2.25. The highest BCUT2D eigenvalue weighted by Gasteiger charge is 2.15. The standard InChI is InChI=1S/C14H28N2O3S/c1-11(2)6-7-15-12(17)10-20-9-8-16-13(18)19-14(3,4)5/h11H,6-10H2,1-5H3,(H,15,17)(H,16,18). The molecule has 0 rings (SSSR count). The van der Waals surface area contributed by atoms with Crippen LogP contribution in [0.2, 0.25) is 0 Å². The van der Waals surface area contributed by atoms with Crippen molar-refractivity contribution in [3.05, 3.63) is 0 Å². The summed E-state index contributed by atoms with van der Waals surface area (Å²) in [4.78, 5) is 22.8. The number of carbonyl (C=O) groups is 2. The summed E-state index contributed by atoms with van der Waals surface area (Å²) in [5, 5.41) is 5.53. The van der Waals surface area contributed by atoms with Gasteiger partial charge in [-0.2, -0.15) is 11.8 Å². The van der Waals surface area contributed by atoms with E-state index in [2.05, 4.69) is 24.5 Å².